The maximum Gasteiger partial charge on any atom is 0.270 e. The molecule has 1 aromatic carbocycles. The predicted molar refractivity (Wildman–Crippen MR) is 97.2 cm³/mol. The maximum absolute atomic E-state index is 12.5. The van der Waals surface area contributed by atoms with Crippen molar-refractivity contribution in [3.8, 4) is 11.3 Å². The van der Waals surface area contributed by atoms with E-state index in [1.165, 1.54) is 0 Å². The molecule has 0 unspecified atom stereocenters. The third-order valence-corrected chi connectivity index (χ3v) is 4.25. The molecule has 3 aromatic heterocycles. The first-order chi connectivity index (χ1) is 12.6. The molecule has 26 heavy (non-hydrogen) atoms. The molecule has 130 valence electrons. The molecule has 0 aliphatic carbocycles. The molecule has 0 aliphatic rings. The minimum Gasteiger partial charge on any atom is -0.349 e. The number of aromatic nitrogens is 4. The molecule has 4 nitrogen and oxygen atoms in total. The summed E-state index contributed by atoms with van der Waals surface area (Å²) in [5.41, 5.74) is 3.77. The van der Waals surface area contributed by atoms with Crippen LogP contribution in [0.3, 0.4) is 0 Å². The van der Waals surface area contributed by atoms with Gasteiger partial charge < -0.3 is 4.57 Å². The molecule has 7 heteroatoms. The molecule has 0 radical (unpaired) electrons. The zero-order valence-corrected chi connectivity index (χ0v) is 14.2. The van der Waals surface area contributed by atoms with E-state index in [-0.39, 0.29) is 0 Å². The highest BCUT2D eigenvalue weighted by atomic mass is 35.5. The van der Waals surface area contributed by atoms with E-state index in [0.29, 0.717) is 17.1 Å². The van der Waals surface area contributed by atoms with E-state index in [0.717, 1.165) is 28.5 Å². The van der Waals surface area contributed by atoms with Gasteiger partial charge in [-0.15, -0.1) is 0 Å². The van der Waals surface area contributed by atoms with Gasteiger partial charge in [0.2, 0.25) is 0 Å². The van der Waals surface area contributed by atoms with Crippen LogP contribution < -0.4 is 0 Å². The number of benzene rings is 1. The van der Waals surface area contributed by atoms with Gasteiger partial charge in [-0.3, -0.25) is 0 Å². The zero-order valence-electron chi connectivity index (χ0n) is 13.5. The highest BCUT2D eigenvalue weighted by molar-refractivity contribution is 6.30. The summed E-state index contributed by atoms with van der Waals surface area (Å²) in [5, 5.41) is 5.28. The summed E-state index contributed by atoms with van der Waals surface area (Å²) >= 11 is 5.98. The van der Waals surface area contributed by atoms with E-state index in [1.54, 1.807) is 47.4 Å². The second-order valence-electron chi connectivity index (χ2n) is 5.77. The Hall–Kier alpha value is -2.99. The number of hydrogen-bond donors (Lipinski definition) is 0. The SMILES string of the molecule is FC(F)=Cc1ccn(Cc2c(-c3ccc(Cl)cc3)nn3cccnc23)c1. The second-order valence-corrected chi connectivity index (χ2v) is 6.21. The summed E-state index contributed by atoms with van der Waals surface area (Å²) in [5.74, 6) is 0. The van der Waals surface area contributed by atoms with Crippen LogP contribution in [0.1, 0.15) is 11.1 Å². The molecule has 0 fully saturated rings. The maximum atomic E-state index is 12.5. The van der Waals surface area contributed by atoms with Crippen molar-refractivity contribution in [2.45, 2.75) is 6.54 Å². The predicted octanol–water partition coefficient (Wildman–Crippen LogP) is 5.14. The van der Waals surface area contributed by atoms with Crippen molar-refractivity contribution in [2.75, 3.05) is 0 Å². The van der Waals surface area contributed by atoms with Crippen molar-refractivity contribution in [3.63, 3.8) is 0 Å². The number of nitrogens with zero attached hydrogens (tertiary/aromatic N) is 4. The summed E-state index contributed by atoms with van der Waals surface area (Å²) in [4.78, 5) is 4.43. The molecule has 0 saturated carbocycles. The Bertz CT molecular complexity index is 1090. The molecule has 0 amide bonds. The molecule has 4 rings (SSSR count). The van der Waals surface area contributed by atoms with Crippen LogP contribution in [0.2, 0.25) is 5.02 Å². The number of rotatable bonds is 4. The summed E-state index contributed by atoms with van der Waals surface area (Å²) in [6.07, 6.45) is 6.07. The van der Waals surface area contributed by atoms with E-state index in [9.17, 15) is 8.78 Å². The topological polar surface area (TPSA) is 35.1 Å². The van der Waals surface area contributed by atoms with Gasteiger partial charge in [0.05, 0.1) is 6.54 Å². The van der Waals surface area contributed by atoms with Gasteiger partial charge >= 0.3 is 0 Å². The molecule has 4 aromatic rings. The Kier molecular flexibility index (Phi) is 4.26. The molecule has 3 heterocycles. The zero-order chi connectivity index (χ0) is 18.1. The van der Waals surface area contributed by atoms with E-state index in [2.05, 4.69) is 10.1 Å². The molecule has 0 N–H and O–H groups in total. The third-order valence-electron chi connectivity index (χ3n) is 4.00. The van der Waals surface area contributed by atoms with Crippen molar-refractivity contribution in [3.05, 3.63) is 83.4 Å². The average molecular weight is 371 g/mol. The lowest BCUT2D eigenvalue weighted by Crippen LogP contribution is -1.98. The summed E-state index contributed by atoms with van der Waals surface area (Å²) in [6, 6.07) is 10.9. The van der Waals surface area contributed by atoms with Crippen LogP contribution in [0.5, 0.6) is 0 Å². The van der Waals surface area contributed by atoms with Crippen molar-refractivity contribution >= 4 is 23.3 Å². The standard InChI is InChI=1S/C19H13ClF2N4/c20-15-4-2-14(3-5-15)18-16(19-23-7-1-8-26(19)24-18)12-25-9-6-13(11-25)10-17(21)22/h1-11H,12H2. The van der Waals surface area contributed by atoms with Gasteiger partial charge in [-0.05, 0) is 29.8 Å². The fourth-order valence-electron chi connectivity index (χ4n) is 2.87. The minimum atomic E-state index is -1.72. The molecular formula is C19H13ClF2N4. The highest BCUT2D eigenvalue weighted by Crippen LogP contribution is 2.27. The van der Waals surface area contributed by atoms with Crippen molar-refractivity contribution in [2.24, 2.45) is 0 Å². The third kappa shape index (κ3) is 3.23. The molecule has 0 bridgehead atoms. The highest BCUT2D eigenvalue weighted by Gasteiger charge is 2.16. The average Bonchev–Trinajstić information content (AvgIpc) is 3.20. The van der Waals surface area contributed by atoms with Crippen LogP contribution in [0.25, 0.3) is 23.0 Å². The monoisotopic (exact) mass is 370 g/mol. The second kappa shape index (κ2) is 6.72. The van der Waals surface area contributed by atoms with E-state index in [4.69, 9.17) is 11.6 Å². The normalized spacial score (nSPS) is 11.0. The van der Waals surface area contributed by atoms with Gasteiger partial charge in [-0.25, -0.2) is 9.50 Å². The molecule has 0 spiro atoms. The van der Waals surface area contributed by atoms with Crippen molar-refractivity contribution in [1.29, 1.82) is 0 Å². The van der Waals surface area contributed by atoms with Gasteiger partial charge in [0.25, 0.3) is 6.08 Å². The van der Waals surface area contributed by atoms with Crippen molar-refractivity contribution in [1.82, 2.24) is 19.2 Å². The lowest BCUT2D eigenvalue weighted by atomic mass is 10.1. The van der Waals surface area contributed by atoms with Crippen LogP contribution in [0, 0.1) is 0 Å². The minimum absolute atomic E-state index is 0.447. The quantitative estimate of drug-likeness (QED) is 0.498. The van der Waals surface area contributed by atoms with Crippen LogP contribution in [-0.4, -0.2) is 19.2 Å². The van der Waals surface area contributed by atoms with Crippen LogP contribution in [0.15, 0.2) is 67.3 Å². The molecular weight excluding hydrogens is 358 g/mol. The fraction of sp³-hybridized carbons (Fsp3) is 0.0526. The first kappa shape index (κ1) is 16.5. The van der Waals surface area contributed by atoms with E-state index in [1.807, 2.05) is 22.9 Å². The number of hydrogen-bond acceptors (Lipinski definition) is 2. The first-order valence-electron chi connectivity index (χ1n) is 7.87. The summed E-state index contributed by atoms with van der Waals surface area (Å²) < 4.78 is 28.4. The first-order valence-corrected chi connectivity index (χ1v) is 8.24. The Balaban J connectivity index is 1.80. The largest absolute Gasteiger partial charge is 0.349 e. The van der Waals surface area contributed by atoms with E-state index < -0.39 is 6.08 Å². The Morgan fingerprint density at radius 2 is 1.92 bits per heavy atom. The van der Waals surface area contributed by atoms with Crippen LogP contribution in [-0.2, 0) is 6.54 Å². The van der Waals surface area contributed by atoms with Crippen LogP contribution >= 0.6 is 11.6 Å². The molecule has 0 atom stereocenters. The van der Waals surface area contributed by atoms with E-state index >= 15 is 0 Å². The smallest absolute Gasteiger partial charge is 0.270 e. The van der Waals surface area contributed by atoms with Crippen molar-refractivity contribution < 1.29 is 8.78 Å². The number of halogens is 3. The van der Waals surface area contributed by atoms with Gasteiger partial charge in [0, 0.05) is 47.0 Å². The van der Waals surface area contributed by atoms with Gasteiger partial charge in [-0.1, -0.05) is 23.7 Å². The fourth-order valence-corrected chi connectivity index (χ4v) is 3.00. The van der Waals surface area contributed by atoms with Gasteiger partial charge in [-0.2, -0.15) is 13.9 Å². The lowest BCUT2D eigenvalue weighted by Gasteiger charge is -2.05. The Labute approximate surface area is 153 Å². The van der Waals surface area contributed by atoms with Gasteiger partial charge in [0.1, 0.15) is 5.69 Å². The Morgan fingerprint density at radius 3 is 2.69 bits per heavy atom. The van der Waals surface area contributed by atoms with Crippen LogP contribution in [0.4, 0.5) is 8.78 Å². The lowest BCUT2D eigenvalue weighted by molar-refractivity contribution is 0.429. The van der Waals surface area contributed by atoms with Gasteiger partial charge in [0.15, 0.2) is 5.65 Å². The Morgan fingerprint density at radius 1 is 1.12 bits per heavy atom. The summed E-state index contributed by atoms with van der Waals surface area (Å²) in [6.45, 7) is 0.459. The molecule has 0 aliphatic heterocycles. The number of fused-ring (bicyclic) bond motifs is 1. The summed E-state index contributed by atoms with van der Waals surface area (Å²) in [7, 11) is 0. The molecule has 0 saturated heterocycles.